The number of carboxylic acid groups (broad SMARTS) is 1. The molecule has 1 saturated heterocycles. The number of hydrogen-bond acceptors (Lipinski definition) is 6. The van der Waals surface area contributed by atoms with Crippen LogP contribution in [0.5, 0.6) is 0 Å². The van der Waals surface area contributed by atoms with E-state index in [4.69, 9.17) is 19.4 Å². The van der Waals surface area contributed by atoms with Gasteiger partial charge in [-0.25, -0.2) is 9.78 Å². The van der Waals surface area contributed by atoms with Crippen molar-refractivity contribution >= 4 is 11.9 Å². The summed E-state index contributed by atoms with van der Waals surface area (Å²) in [5, 5.41) is 7.12. The number of rotatable bonds is 4. The number of carboxylic acids is 1. The van der Waals surface area contributed by atoms with Crippen molar-refractivity contribution in [2.75, 3.05) is 13.2 Å². The van der Waals surface area contributed by atoms with Crippen molar-refractivity contribution in [2.45, 2.75) is 50.8 Å². The summed E-state index contributed by atoms with van der Waals surface area (Å²) in [5.41, 5.74) is 2.45. The standard InChI is InChI=1S/C20H23N3O3.C2HF3O2/c1-14-3-2-4-16(22-14)20(24)23-11-12-25-19-17(23)5-6-18(19)26-13-15-7-9-21-10-8-15;3-2(4,5)1(6)7/h2-4,7-10,17-19H,5-6,11-13H2,1H3;(H,6,7)/t17-,18+,19+;/m0./s1. The lowest BCUT2D eigenvalue weighted by atomic mass is 10.1. The van der Waals surface area contributed by atoms with Crippen LogP contribution < -0.4 is 0 Å². The number of ether oxygens (including phenoxy) is 2. The van der Waals surface area contributed by atoms with Gasteiger partial charge in [0, 0.05) is 24.6 Å². The van der Waals surface area contributed by atoms with Crippen molar-refractivity contribution in [3.8, 4) is 0 Å². The molecule has 1 N–H and O–H groups in total. The molecule has 1 aliphatic carbocycles. The fourth-order valence-electron chi connectivity index (χ4n) is 3.84. The van der Waals surface area contributed by atoms with Crippen LogP contribution in [0.1, 0.15) is 34.6 Å². The van der Waals surface area contributed by atoms with Crippen LogP contribution in [0, 0.1) is 6.92 Å². The molecular weight excluding hydrogens is 443 g/mol. The lowest BCUT2D eigenvalue weighted by molar-refractivity contribution is -0.192. The highest BCUT2D eigenvalue weighted by Gasteiger charge is 2.45. The maximum atomic E-state index is 12.9. The number of fused-ring (bicyclic) bond motifs is 1. The van der Waals surface area contributed by atoms with E-state index in [0.29, 0.717) is 25.5 Å². The van der Waals surface area contributed by atoms with E-state index in [0.717, 1.165) is 24.1 Å². The molecule has 0 spiro atoms. The molecule has 2 fully saturated rings. The Labute approximate surface area is 188 Å². The Morgan fingerprint density at radius 2 is 1.91 bits per heavy atom. The van der Waals surface area contributed by atoms with Gasteiger partial charge in [-0.2, -0.15) is 13.2 Å². The number of aromatic nitrogens is 2. The average molecular weight is 467 g/mol. The van der Waals surface area contributed by atoms with Gasteiger partial charge in [0.1, 0.15) is 11.8 Å². The maximum Gasteiger partial charge on any atom is 0.490 e. The van der Waals surface area contributed by atoms with Crippen molar-refractivity contribution in [1.82, 2.24) is 14.9 Å². The van der Waals surface area contributed by atoms with E-state index in [-0.39, 0.29) is 24.2 Å². The summed E-state index contributed by atoms with van der Waals surface area (Å²) in [6, 6.07) is 9.52. The number of nitrogens with zero attached hydrogens (tertiary/aromatic N) is 3. The first-order chi connectivity index (χ1) is 15.7. The Hall–Kier alpha value is -3.05. The highest BCUT2D eigenvalue weighted by molar-refractivity contribution is 5.92. The molecule has 33 heavy (non-hydrogen) atoms. The number of hydrogen-bond donors (Lipinski definition) is 1. The molecule has 2 aromatic heterocycles. The molecule has 0 unspecified atom stereocenters. The van der Waals surface area contributed by atoms with Crippen LogP contribution in [-0.4, -0.2) is 69.4 Å². The molecule has 0 aromatic carbocycles. The smallest absolute Gasteiger partial charge is 0.475 e. The number of carbonyl (C=O) groups is 2. The molecular formula is C22H24F3N3O5. The van der Waals surface area contributed by atoms with E-state index in [2.05, 4.69) is 9.97 Å². The van der Waals surface area contributed by atoms with Gasteiger partial charge in [0.2, 0.25) is 0 Å². The zero-order chi connectivity index (χ0) is 24.0. The number of carbonyl (C=O) groups excluding carboxylic acids is 1. The molecule has 1 aliphatic heterocycles. The molecule has 8 nitrogen and oxygen atoms in total. The largest absolute Gasteiger partial charge is 0.490 e. The maximum absolute atomic E-state index is 12.9. The third-order valence-electron chi connectivity index (χ3n) is 5.36. The van der Waals surface area contributed by atoms with Crippen molar-refractivity contribution in [3.63, 3.8) is 0 Å². The molecule has 178 valence electrons. The van der Waals surface area contributed by atoms with Gasteiger partial charge in [-0.15, -0.1) is 0 Å². The lowest BCUT2D eigenvalue weighted by Gasteiger charge is -2.39. The Balaban J connectivity index is 0.000000383. The molecule has 3 atom stereocenters. The van der Waals surface area contributed by atoms with Gasteiger partial charge in [0.15, 0.2) is 0 Å². The molecule has 0 radical (unpaired) electrons. The van der Waals surface area contributed by atoms with Crippen LogP contribution in [0.2, 0.25) is 0 Å². The average Bonchev–Trinajstić information content (AvgIpc) is 3.21. The van der Waals surface area contributed by atoms with Crippen molar-refractivity contribution in [3.05, 3.63) is 59.7 Å². The predicted molar refractivity (Wildman–Crippen MR) is 109 cm³/mol. The minimum atomic E-state index is -5.08. The lowest BCUT2D eigenvalue weighted by Crippen LogP contribution is -2.54. The predicted octanol–water partition coefficient (Wildman–Crippen LogP) is 3.01. The van der Waals surface area contributed by atoms with Gasteiger partial charge in [0.25, 0.3) is 5.91 Å². The van der Waals surface area contributed by atoms with Gasteiger partial charge in [-0.3, -0.25) is 9.78 Å². The Morgan fingerprint density at radius 3 is 2.55 bits per heavy atom. The highest BCUT2D eigenvalue weighted by atomic mass is 19.4. The Bertz CT molecular complexity index is 958. The molecule has 11 heteroatoms. The molecule has 4 rings (SSSR count). The first-order valence-electron chi connectivity index (χ1n) is 10.3. The first kappa shape index (κ1) is 24.6. The summed E-state index contributed by atoms with van der Waals surface area (Å²) in [6.07, 6.45) is 0.174. The molecule has 1 saturated carbocycles. The summed E-state index contributed by atoms with van der Waals surface area (Å²) in [7, 11) is 0. The number of alkyl halides is 3. The first-order valence-corrected chi connectivity index (χ1v) is 10.3. The third-order valence-corrected chi connectivity index (χ3v) is 5.36. The number of pyridine rings is 2. The van der Waals surface area contributed by atoms with Gasteiger partial charge in [-0.05, 0) is 49.6 Å². The normalized spacial score (nSPS) is 22.2. The van der Waals surface area contributed by atoms with E-state index in [1.807, 2.05) is 36.1 Å². The zero-order valence-corrected chi connectivity index (χ0v) is 17.9. The van der Waals surface area contributed by atoms with Crippen LogP contribution in [0.25, 0.3) is 0 Å². The van der Waals surface area contributed by atoms with Gasteiger partial charge >= 0.3 is 12.1 Å². The summed E-state index contributed by atoms with van der Waals surface area (Å²) < 4.78 is 43.8. The number of halogens is 3. The Morgan fingerprint density at radius 1 is 1.21 bits per heavy atom. The van der Waals surface area contributed by atoms with E-state index in [9.17, 15) is 18.0 Å². The minimum Gasteiger partial charge on any atom is -0.475 e. The van der Waals surface area contributed by atoms with E-state index < -0.39 is 12.1 Å². The monoisotopic (exact) mass is 467 g/mol. The van der Waals surface area contributed by atoms with Crippen LogP contribution in [-0.2, 0) is 20.9 Å². The second kappa shape index (κ2) is 10.7. The molecule has 0 bridgehead atoms. The molecule has 2 aliphatic rings. The van der Waals surface area contributed by atoms with Crippen LogP contribution in [0.3, 0.4) is 0 Å². The fraction of sp³-hybridized carbons (Fsp3) is 0.455. The number of aliphatic carboxylic acids is 1. The van der Waals surface area contributed by atoms with E-state index in [1.165, 1.54) is 0 Å². The van der Waals surface area contributed by atoms with Gasteiger partial charge in [0.05, 0.1) is 25.4 Å². The minimum absolute atomic E-state index is 0.00855. The summed E-state index contributed by atoms with van der Waals surface area (Å²) in [4.78, 5) is 32.2. The second-order valence-corrected chi connectivity index (χ2v) is 7.65. The highest BCUT2D eigenvalue weighted by Crippen LogP contribution is 2.33. The fourth-order valence-corrected chi connectivity index (χ4v) is 3.84. The van der Waals surface area contributed by atoms with Crippen LogP contribution in [0.15, 0.2) is 42.7 Å². The number of aryl methyl sites for hydroxylation is 1. The molecule has 2 aromatic rings. The van der Waals surface area contributed by atoms with E-state index >= 15 is 0 Å². The topological polar surface area (TPSA) is 102 Å². The second-order valence-electron chi connectivity index (χ2n) is 7.65. The summed E-state index contributed by atoms with van der Waals surface area (Å²) in [6.45, 7) is 3.57. The number of morpholine rings is 1. The van der Waals surface area contributed by atoms with Crippen LogP contribution >= 0.6 is 0 Å². The van der Waals surface area contributed by atoms with Crippen molar-refractivity contribution in [1.29, 1.82) is 0 Å². The molecule has 1 amide bonds. The summed E-state index contributed by atoms with van der Waals surface area (Å²) in [5.74, 6) is -2.77. The van der Waals surface area contributed by atoms with Gasteiger partial charge in [-0.1, -0.05) is 6.07 Å². The van der Waals surface area contributed by atoms with Crippen LogP contribution in [0.4, 0.5) is 13.2 Å². The SMILES string of the molecule is Cc1cccc(C(=O)N2CCO[C@H]3[C@H](OCc4ccncc4)CC[C@@H]32)n1.O=C(O)C(F)(F)F. The van der Waals surface area contributed by atoms with Gasteiger partial charge < -0.3 is 19.5 Å². The van der Waals surface area contributed by atoms with Crippen molar-refractivity contribution in [2.24, 2.45) is 0 Å². The quantitative estimate of drug-likeness (QED) is 0.738. The Kier molecular flexibility index (Phi) is 7.98. The third kappa shape index (κ3) is 6.48. The summed E-state index contributed by atoms with van der Waals surface area (Å²) >= 11 is 0. The van der Waals surface area contributed by atoms with Crippen molar-refractivity contribution < 1.29 is 37.3 Å². The molecule has 3 heterocycles. The zero-order valence-electron chi connectivity index (χ0n) is 17.9. The number of amides is 1. The van der Waals surface area contributed by atoms with E-state index in [1.54, 1.807) is 18.5 Å².